The van der Waals surface area contributed by atoms with Crippen LogP contribution in [-0.2, 0) is 6.61 Å². The molecule has 94 valence electrons. The fourth-order valence-electron chi connectivity index (χ4n) is 1.78. The van der Waals surface area contributed by atoms with Gasteiger partial charge in [0.2, 0.25) is 0 Å². The SMILES string of the molecule is CCC(C)c1ccc(COc2cccnc2)cc1. The van der Waals surface area contributed by atoms with Crippen molar-refractivity contribution in [3.05, 3.63) is 59.9 Å². The molecule has 0 aliphatic rings. The van der Waals surface area contributed by atoms with Crippen LogP contribution < -0.4 is 4.74 Å². The zero-order valence-corrected chi connectivity index (χ0v) is 11.0. The lowest BCUT2D eigenvalue weighted by Crippen LogP contribution is -1.97. The Labute approximate surface area is 109 Å². The predicted molar refractivity (Wildman–Crippen MR) is 73.7 cm³/mol. The number of pyridine rings is 1. The second kappa shape index (κ2) is 6.20. The minimum atomic E-state index is 0.590. The van der Waals surface area contributed by atoms with Crippen LogP contribution in [-0.4, -0.2) is 4.98 Å². The van der Waals surface area contributed by atoms with Crippen LogP contribution in [0.15, 0.2) is 48.8 Å². The summed E-state index contributed by atoms with van der Waals surface area (Å²) >= 11 is 0. The van der Waals surface area contributed by atoms with Gasteiger partial charge in [-0.1, -0.05) is 38.1 Å². The average Bonchev–Trinajstić information content (AvgIpc) is 2.46. The van der Waals surface area contributed by atoms with Gasteiger partial charge in [-0.05, 0) is 35.6 Å². The lowest BCUT2D eigenvalue weighted by atomic mass is 9.98. The molecular formula is C16H19NO. The highest BCUT2D eigenvalue weighted by molar-refractivity contribution is 5.25. The third kappa shape index (κ3) is 3.33. The largest absolute Gasteiger partial charge is 0.487 e. The maximum Gasteiger partial charge on any atom is 0.138 e. The minimum absolute atomic E-state index is 0.590. The van der Waals surface area contributed by atoms with Crippen molar-refractivity contribution in [2.45, 2.75) is 32.8 Å². The van der Waals surface area contributed by atoms with Gasteiger partial charge in [0.15, 0.2) is 0 Å². The number of hydrogen-bond donors (Lipinski definition) is 0. The molecule has 1 aromatic carbocycles. The van der Waals surface area contributed by atoms with Gasteiger partial charge in [0.25, 0.3) is 0 Å². The summed E-state index contributed by atoms with van der Waals surface area (Å²) in [5.41, 5.74) is 2.58. The zero-order chi connectivity index (χ0) is 12.8. The van der Waals surface area contributed by atoms with E-state index in [1.165, 1.54) is 17.5 Å². The number of rotatable bonds is 5. The Morgan fingerprint density at radius 1 is 1.17 bits per heavy atom. The van der Waals surface area contributed by atoms with Crippen LogP contribution in [0, 0.1) is 0 Å². The number of ether oxygens (including phenoxy) is 1. The maximum atomic E-state index is 5.66. The second-order valence-electron chi connectivity index (χ2n) is 4.53. The van der Waals surface area contributed by atoms with Gasteiger partial charge < -0.3 is 4.74 Å². The normalized spacial score (nSPS) is 12.1. The molecule has 0 amide bonds. The van der Waals surface area contributed by atoms with Crippen molar-refractivity contribution in [2.24, 2.45) is 0 Å². The van der Waals surface area contributed by atoms with Crippen LogP contribution >= 0.6 is 0 Å². The Kier molecular flexibility index (Phi) is 4.35. The summed E-state index contributed by atoms with van der Waals surface area (Å²) in [5, 5.41) is 0. The number of hydrogen-bond acceptors (Lipinski definition) is 2. The van der Waals surface area contributed by atoms with Crippen LogP contribution in [0.5, 0.6) is 5.75 Å². The molecule has 0 bridgehead atoms. The molecule has 18 heavy (non-hydrogen) atoms. The van der Waals surface area contributed by atoms with Gasteiger partial charge in [0.05, 0.1) is 6.20 Å². The summed E-state index contributed by atoms with van der Waals surface area (Å²) in [6, 6.07) is 12.4. The molecule has 0 radical (unpaired) electrons. The fourth-order valence-corrected chi connectivity index (χ4v) is 1.78. The molecule has 1 aromatic heterocycles. The summed E-state index contributed by atoms with van der Waals surface area (Å²) in [7, 11) is 0. The first-order chi connectivity index (χ1) is 8.79. The average molecular weight is 241 g/mol. The molecule has 2 rings (SSSR count). The molecule has 0 aliphatic heterocycles. The first-order valence-electron chi connectivity index (χ1n) is 6.41. The summed E-state index contributed by atoms with van der Waals surface area (Å²) in [5.74, 6) is 1.43. The molecule has 0 fully saturated rings. The Morgan fingerprint density at radius 2 is 1.94 bits per heavy atom. The van der Waals surface area contributed by atoms with E-state index in [-0.39, 0.29) is 0 Å². The van der Waals surface area contributed by atoms with E-state index in [4.69, 9.17) is 4.74 Å². The molecule has 2 nitrogen and oxygen atoms in total. The van der Waals surface area contributed by atoms with Crippen molar-refractivity contribution < 1.29 is 4.74 Å². The smallest absolute Gasteiger partial charge is 0.138 e. The van der Waals surface area contributed by atoms with Crippen molar-refractivity contribution in [2.75, 3.05) is 0 Å². The summed E-state index contributed by atoms with van der Waals surface area (Å²) in [4.78, 5) is 4.02. The molecule has 1 heterocycles. The van der Waals surface area contributed by atoms with Crippen LogP contribution in [0.3, 0.4) is 0 Å². The van der Waals surface area contributed by atoms with E-state index in [0.717, 1.165) is 5.75 Å². The van der Waals surface area contributed by atoms with Gasteiger partial charge in [-0.2, -0.15) is 0 Å². The quantitative estimate of drug-likeness (QED) is 0.783. The monoisotopic (exact) mass is 241 g/mol. The zero-order valence-electron chi connectivity index (χ0n) is 11.0. The van der Waals surface area contributed by atoms with Gasteiger partial charge >= 0.3 is 0 Å². The van der Waals surface area contributed by atoms with E-state index in [9.17, 15) is 0 Å². The molecule has 0 saturated carbocycles. The first-order valence-corrected chi connectivity index (χ1v) is 6.41. The van der Waals surface area contributed by atoms with Crippen molar-refractivity contribution in [1.29, 1.82) is 0 Å². The summed E-state index contributed by atoms with van der Waals surface area (Å²) in [6.45, 7) is 5.05. The highest BCUT2D eigenvalue weighted by Crippen LogP contribution is 2.19. The molecule has 2 heteroatoms. The van der Waals surface area contributed by atoms with Gasteiger partial charge in [-0.15, -0.1) is 0 Å². The highest BCUT2D eigenvalue weighted by atomic mass is 16.5. The maximum absolute atomic E-state index is 5.66. The molecule has 0 saturated heterocycles. The van der Waals surface area contributed by atoms with E-state index in [1.54, 1.807) is 12.4 Å². The van der Waals surface area contributed by atoms with Crippen molar-refractivity contribution >= 4 is 0 Å². The fraction of sp³-hybridized carbons (Fsp3) is 0.312. The first kappa shape index (κ1) is 12.6. The van der Waals surface area contributed by atoms with Crippen LogP contribution in [0.25, 0.3) is 0 Å². The molecule has 1 unspecified atom stereocenters. The topological polar surface area (TPSA) is 22.1 Å². The van der Waals surface area contributed by atoms with Crippen molar-refractivity contribution in [1.82, 2.24) is 4.98 Å². The Morgan fingerprint density at radius 3 is 2.56 bits per heavy atom. The van der Waals surface area contributed by atoms with Gasteiger partial charge in [0, 0.05) is 6.20 Å². The van der Waals surface area contributed by atoms with Crippen LogP contribution in [0.1, 0.15) is 37.3 Å². The molecule has 2 aromatic rings. The van der Waals surface area contributed by atoms with Crippen LogP contribution in [0.2, 0.25) is 0 Å². The molecular weight excluding hydrogens is 222 g/mol. The van der Waals surface area contributed by atoms with E-state index in [2.05, 4.69) is 43.1 Å². The van der Waals surface area contributed by atoms with Crippen molar-refractivity contribution in [3.63, 3.8) is 0 Å². The van der Waals surface area contributed by atoms with Gasteiger partial charge in [-0.3, -0.25) is 4.98 Å². The molecule has 0 spiro atoms. The summed E-state index contributed by atoms with van der Waals surface area (Å²) < 4.78 is 5.66. The van der Waals surface area contributed by atoms with Crippen molar-refractivity contribution in [3.8, 4) is 5.75 Å². The van der Waals surface area contributed by atoms with Gasteiger partial charge in [-0.25, -0.2) is 0 Å². The van der Waals surface area contributed by atoms with E-state index in [1.807, 2.05) is 12.1 Å². The third-order valence-corrected chi connectivity index (χ3v) is 3.20. The Balaban J connectivity index is 1.94. The Bertz CT molecular complexity index is 464. The van der Waals surface area contributed by atoms with E-state index in [0.29, 0.717) is 12.5 Å². The Hall–Kier alpha value is -1.83. The third-order valence-electron chi connectivity index (χ3n) is 3.20. The lowest BCUT2D eigenvalue weighted by Gasteiger charge is -2.10. The van der Waals surface area contributed by atoms with E-state index < -0.39 is 0 Å². The molecule has 0 N–H and O–H groups in total. The highest BCUT2D eigenvalue weighted by Gasteiger charge is 2.02. The number of benzene rings is 1. The molecule has 1 atom stereocenters. The summed E-state index contributed by atoms with van der Waals surface area (Å²) in [6.07, 6.45) is 4.65. The van der Waals surface area contributed by atoms with Crippen LogP contribution in [0.4, 0.5) is 0 Å². The molecule has 0 aliphatic carbocycles. The number of aromatic nitrogens is 1. The van der Waals surface area contributed by atoms with E-state index >= 15 is 0 Å². The second-order valence-corrected chi connectivity index (χ2v) is 4.53. The number of nitrogens with zero attached hydrogens (tertiary/aromatic N) is 1. The predicted octanol–water partition coefficient (Wildman–Crippen LogP) is 4.17. The minimum Gasteiger partial charge on any atom is -0.487 e. The standard InChI is InChI=1S/C16H19NO/c1-3-13(2)15-8-6-14(7-9-15)12-18-16-5-4-10-17-11-16/h4-11,13H,3,12H2,1-2H3. The van der Waals surface area contributed by atoms with Gasteiger partial charge in [0.1, 0.15) is 12.4 Å². The lowest BCUT2D eigenvalue weighted by molar-refractivity contribution is 0.305.